The number of rotatable bonds is 9. The van der Waals surface area contributed by atoms with Crippen molar-refractivity contribution in [2.24, 2.45) is 0 Å². The molecular formula is C21H29NO2Se. The summed E-state index contributed by atoms with van der Waals surface area (Å²) < 4.78 is 13.0. The maximum absolute atomic E-state index is 5.91. The van der Waals surface area contributed by atoms with Crippen molar-refractivity contribution < 1.29 is 9.47 Å². The first kappa shape index (κ1) is 20.2. The molecule has 3 atom stereocenters. The van der Waals surface area contributed by atoms with Crippen molar-refractivity contribution in [1.82, 2.24) is 4.90 Å². The maximum atomic E-state index is 5.91. The molecule has 0 unspecified atom stereocenters. The summed E-state index contributed by atoms with van der Waals surface area (Å²) in [6.45, 7) is 4.92. The molecule has 4 heteroatoms. The van der Waals surface area contributed by atoms with E-state index in [0.29, 0.717) is 12.6 Å². The van der Waals surface area contributed by atoms with Crippen LogP contribution in [0.5, 0.6) is 0 Å². The number of hydrogen-bond acceptors (Lipinski definition) is 3. The van der Waals surface area contributed by atoms with Crippen LogP contribution in [-0.2, 0) is 9.47 Å². The van der Waals surface area contributed by atoms with Crippen molar-refractivity contribution in [1.29, 1.82) is 0 Å². The van der Waals surface area contributed by atoms with Crippen molar-refractivity contribution in [3.63, 3.8) is 0 Å². The van der Waals surface area contributed by atoms with Crippen molar-refractivity contribution in [2.45, 2.75) is 31.0 Å². The van der Waals surface area contributed by atoms with Gasteiger partial charge >= 0.3 is 158 Å². The molecule has 0 aliphatic carbocycles. The number of ether oxygens (including phenoxy) is 2. The Kier molecular flexibility index (Phi) is 8.14. The zero-order valence-electron chi connectivity index (χ0n) is 15.8. The van der Waals surface area contributed by atoms with Crippen LogP contribution in [0.3, 0.4) is 0 Å². The van der Waals surface area contributed by atoms with Gasteiger partial charge in [-0.25, -0.2) is 0 Å². The third-order valence-electron chi connectivity index (χ3n) is 4.34. The summed E-state index contributed by atoms with van der Waals surface area (Å²) in [5, 5.41) is 0. The second kappa shape index (κ2) is 10.1. The van der Waals surface area contributed by atoms with Gasteiger partial charge in [0.15, 0.2) is 0 Å². The molecule has 3 nitrogen and oxygen atoms in total. The van der Waals surface area contributed by atoms with Gasteiger partial charge in [-0.1, -0.05) is 0 Å². The van der Waals surface area contributed by atoms with E-state index in [4.69, 9.17) is 9.47 Å². The van der Waals surface area contributed by atoms with E-state index >= 15 is 0 Å². The molecule has 0 amide bonds. The standard InChI is InChI=1S/C21H29NO2Se/c1-6-24-21(23-5)20(17-12-8-7-9-13-17)25-19-15-11-10-14-18(19)16(2)22(3)4/h7-16,20-21H,6H2,1-5H3/t16-,20-,21+/m1/s1. The molecule has 0 heterocycles. The second-order valence-corrected chi connectivity index (χ2v) is 8.67. The monoisotopic (exact) mass is 407 g/mol. The van der Waals surface area contributed by atoms with Crippen LogP contribution in [0, 0.1) is 0 Å². The van der Waals surface area contributed by atoms with Crippen molar-refractivity contribution >= 4 is 19.4 Å². The van der Waals surface area contributed by atoms with Crippen LogP contribution >= 0.6 is 0 Å². The van der Waals surface area contributed by atoms with E-state index in [1.165, 1.54) is 15.6 Å². The molecule has 2 rings (SSSR count). The van der Waals surface area contributed by atoms with Crippen LogP contribution in [0.25, 0.3) is 0 Å². The number of benzene rings is 2. The van der Waals surface area contributed by atoms with Crippen molar-refractivity contribution in [3.05, 3.63) is 65.7 Å². The summed E-state index contributed by atoms with van der Waals surface area (Å²) in [5.74, 6) is 0. The van der Waals surface area contributed by atoms with E-state index in [1.807, 2.05) is 6.92 Å². The molecule has 25 heavy (non-hydrogen) atoms. The summed E-state index contributed by atoms with van der Waals surface area (Å²) in [4.78, 5) is 2.47. The van der Waals surface area contributed by atoms with Gasteiger partial charge in [-0.15, -0.1) is 0 Å². The Bertz CT molecular complexity index is 633. The van der Waals surface area contributed by atoms with E-state index in [2.05, 4.69) is 80.5 Å². The van der Waals surface area contributed by atoms with Gasteiger partial charge in [0.25, 0.3) is 0 Å². The first-order valence-electron chi connectivity index (χ1n) is 8.69. The van der Waals surface area contributed by atoms with Gasteiger partial charge in [0.05, 0.1) is 0 Å². The summed E-state index contributed by atoms with van der Waals surface area (Å²) in [5.41, 5.74) is 2.66. The zero-order valence-corrected chi connectivity index (χ0v) is 17.5. The molecular weight excluding hydrogens is 377 g/mol. The molecule has 136 valence electrons. The molecule has 2 aromatic rings. The van der Waals surface area contributed by atoms with Gasteiger partial charge in [-0.05, 0) is 0 Å². The average molecular weight is 406 g/mol. The summed E-state index contributed by atoms with van der Waals surface area (Å²) in [7, 11) is 5.99. The Balaban J connectivity index is 2.37. The fourth-order valence-corrected chi connectivity index (χ4v) is 5.65. The van der Waals surface area contributed by atoms with Gasteiger partial charge in [0.2, 0.25) is 0 Å². The number of hydrogen-bond donors (Lipinski definition) is 0. The van der Waals surface area contributed by atoms with Crippen LogP contribution in [0.2, 0.25) is 0 Å². The van der Waals surface area contributed by atoms with Crippen molar-refractivity contribution in [3.8, 4) is 0 Å². The van der Waals surface area contributed by atoms with E-state index in [0.717, 1.165) is 0 Å². The Morgan fingerprint density at radius 1 is 1.00 bits per heavy atom. The van der Waals surface area contributed by atoms with Gasteiger partial charge < -0.3 is 0 Å². The normalized spacial score (nSPS) is 15.1. The van der Waals surface area contributed by atoms with E-state index in [-0.39, 0.29) is 26.1 Å². The quantitative estimate of drug-likeness (QED) is 0.471. The molecule has 0 N–H and O–H groups in total. The molecule has 0 radical (unpaired) electrons. The van der Waals surface area contributed by atoms with E-state index in [1.54, 1.807) is 7.11 Å². The molecule has 2 aromatic carbocycles. The third-order valence-corrected chi connectivity index (χ3v) is 7.22. The molecule has 0 aromatic heterocycles. The van der Waals surface area contributed by atoms with E-state index < -0.39 is 0 Å². The summed E-state index contributed by atoms with van der Waals surface area (Å²) in [6, 6.07) is 19.7. The topological polar surface area (TPSA) is 21.7 Å². The minimum atomic E-state index is -0.227. The van der Waals surface area contributed by atoms with Crippen LogP contribution in [0.1, 0.15) is 35.8 Å². The van der Waals surface area contributed by atoms with Gasteiger partial charge in [-0.2, -0.15) is 0 Å². The molecule has 0 bridgehead atoms. The zero-order chi connectivity index (χ0) is 18.2. The summed E-state index contributed by atoms with van der Waals surface area (Å²) in [6.07, 6.45) is -0.227. The fourth-order valence-electron chi connectivity index (χ4n) is 2.71. The third kappa shape index (κ3) is 5.40. The molecule has 0 fully saturated rings. The molecule has 0 aliphatic heterocycles. The first-order valence-corrected chi connectivity index (χ1v) is 10.5. The van der Waals surface area contributed by atoms with Crippen LogP contribution in [-0.4, -0.2) is 54.0 Å². The second-order valence-electron chi connectivity index (χ2n) is 6.19. The summed E-state index contributed by atoms with van der Waals surface area (Å²) >= 11 is 0.193. The van der Waals surface area contributed by atoms with Crippen LogP contribution < -0.4 is 4.46 Å². The van der Waals surface area contributed by atoms with Gasteiger partial charge in [-0.3, -0.25) is 0 Å². The van der Waals surface area contributed by atoms with Crippen molar-refractivity contribution in [2.75, 3.05) is 27.8 Å². The van der Waals surface area contributed by atoms with Crippen LogP contribution in [0.15, 0.2) is 54.6 Å². The Hall–Kier alpha value is -1.16. The number of nitrogens with zero attached hydrogens (tertiary/aromatic N) is 1. The van der Waals surface area contributed by atoms with Gasteiger partial charge in [0, 0.05) is 0 Å². The predicted octanol–water partition coefficient (Wildman–Crippen LogP) is 3.39. The Morgan fingerprint density at radius 2 is 1.64 bits per heavy atom. The minimum absolute atomic E-state index is 0.193. The number of methoxy groups -OCH3 is 1. The molecule has 0 spiro atoms. The van der Waals surface area contributed by atoms with E-state index in [9.17, 15) is 0 Å². The predicted molar refractivity (Wildman–Crippen MR) is 106 cm³/mol. The Morgan fingerprint density at radius 3 is 2.24 bits per heavy atom. The first-order chi connectivity index (χ1) is 12.1. The fraction of sp³-hybridized carbons (Fsp3) is 0.429. The molecule has 0 saturated carbocycles. The molecule has 0 saturated heterocycles. The Labute approximate surface area is 158 Å². The van der Waals surface area contributed by atoms with Crippen LogP contribution in [0.4, 0.5) is 0 Å². The SMILES string of the molecule is CCO[C@H](OC)[C@H]([Se]c1ccccc1[C@@H](C)N(C)C)c1ccccc1. The van der Waals surface area contributed by atoms with Gasteiger partial charge in [0.1, 0.15) is 0 Å². The average Bonchev–Trinajstić information content (AvgIpc) is 2.65. The molecule has 0 aliphatic rings.